The molecule has 0 spiro atoms. The van der Waals surface area contributed by atoms with Crippen LogP contribution in [0, 0.1) is 17.3 Å². The van der Waals surface area contributed by atoms with E-state index in [1.165, 1.54) is 17.1 Å². The molecule has 0 fully saturated rings. The normalized spacial score (nSPS) is 14.2. The molecule has 1 aromatic carbocycles. The number of hydrogen-bond donors (Lipinski definition) is 3. The van der Waals surface area contributed by atoms with Gasteiger partial charge in [-0.25, -0.2) is 4.79 Å². The van der Waals surface area contributed by atoms with Crippen molar-refractivity contribution >= 4 is 41.3 Å². The molecule has 1 aromatic rings. The molecule has 0 saturated heterocycles. The minimum absolute atomic E-state index is 0.0297. The van der Waals surface area contributed by atoms with E-state index in [1.54, 1.807) is 45.0 Å². The van der Waals surface area contributed by atoms with E-state index in [0.29, 0.717) is 32.2 Å². The number of hydrogen-bond acceptors (Lipinski definition) is 8. The zero-order chi connectivity index (χ0) is 35.1. The van der Waals surface area contributed by atoms with Crippen molar-refractivity contribution in [3.8, 4) is 0 Å². The largest absolute Gasteiger partial charge is 0.460 e. The second-order valence-corrected chi connectivity index (χ2v) is 13.3. The Labute approximate surface area is 277 Å². The van der Waals surface area contributed by atoms with E-state index in [0.717, 1.165) is 11.1 Å². The fourth-order valence-corrected chi connectivity index (χ4v) is 4.95. The highest BCUT2D eigenvalue weighted by molar-refractivity contribution is 6.12. The molecule has 5 amide bonds. The van der Waals surface area contributed by atoms with Gasteiger partial charge in [-0.2, -0.15) is 0 Å². The van der Waals surface area contributed by atoms with E-state index in [4.69, 9.17) is 10.5 Å². The molecule has 0 aliphatic carbocycles. The van der Waals surface area contributed by atoms with Gasteiger partial charge in [0.05, 0.1) is 11.5 Å². The summed E-state index contributed by atoms with van der Waals surface area (Å²) in [6.45, 7) is 9.68. The lowest BCUT2D eigenvalue weighted by atomic mass is 9.88. The van der Waals surface area contributed by atoms with Crippen LogP contribution >= 0.6 is 0 Å². The number of ether oxygens (including phenoxy) is 1. The van der Waals surface area contributed by atoms with Crippen LogP contribution in [0.5, 0.6) is 0 Å². The predicted molar refractivity (Wildman–Crippen MR) is 175 cm³/mol. The summed E-state index contributed by atoms with van der Waals surface area (Å²) in [6.07, 6.45) is 5.30. The molecule has 2 rings (SSSR count). The van der Waals surface area contributed by atoms with Crippen molar-refractivity contribution in [2.24, 2.45) is 23.0 Å². The minimum Gasteiger partial charge on any atom is -0.460 e. The van der Waals surface area contributed by atoms with Crippen LogP contribution in [0.4, 0.5) is 4.79 Å². The number of rotatable bonds is 20. The highest BCUT2D eigenvalue weighted by atomic mass is 16.5. The predicted octanol–water partition coefficient (Wildman–Crippen LogP) is 3.54. The molecular formula is C35H50N4O8. The van der Waals surface area contributed by atoms with Crippen molar-refractivity contribution in [1.29, 1.82) is 0 Å². The highest BCUT2D eigenvalue weighted by Crippen LogP contribution is 2.20. The van der Waals surface area contributed by atoms with Gasteiger partial charge in [-0.15, -0.1) is 0 Å². The summed E-state index contributed by atoms with van der Waals surface area (Å²) in [7, 11) is 0. The van der Waals surface area contributed by atoms with Gasteiger partial charge in [-0.05, 0) is 63.5 Å². The maximum absolute atomic E-state index is 13.4. The summed E-state index contributed by atoms with van der Waals surface area (Å²) in [6, 6.07) is 5.60. The van der Waals surface area contributed by atoms with Crippen LogP contribution in [0.15, 0.2) is 36.4 Å². The summed E-state index contributed by atoms with van der Waals surface area (Å²) >= 11 is 0. The summed E-state index contributed by atoms with van der Waals surface area (Å²) in [5.74, 6) is -2.44. The second kappa shape index (κ2) is 18.7. The number of ketones is 2. The molecule has 1 heterocycles. The molecule has 12 heteroatoms. The third kappa shape index (κ3) is 13.9. The number of urea groups is 1. The molecule has 0 radical (unpaired) electrons. The number of imide groups is 1. The van der Waals surface area contributed by atoms with Crippen LogP contribution in [0.25, 0.3) is 0 Å². The fraction of sp³-hybridized carbons (Fsp3) is 0.571. The van der Waals surface area contributed by atoms with Crippen molar-refractivity contribution in [1.82, 2.24) is 15.5 Å². The van der Waals surface area contributed by atoms with Crippen LogP contribution in [0.3, 0.4) is 0 Å². The number of amides is 5. The average molecular weight is 655 g/mol. The molecule has 0 saturated carbocycles. The number of benzene rings is 1. The number of carbonyl (C=O) groups excluding carboxylic acids is 7. The number of nitrogens with two attached hydrogens (primary N) is 1. The lowest BCUT2D eigenvalue weighted by Crippen LogP contribution is -2.46. The molecule has 258 valence electrons. The molecule has 0 bridgehead atoms. The van der Waals surface area contributed by atoms with E-state index >= 15 is 0 Å². The van der Waals surface area contributed by atoms with Crippen molar-refractivity contribution in [2.75, 3.05) is 13.1 Å². The van der Waals surface area contributed by atoms with Gasteiger partial charge < -0.3 is 21.1 Å². The van der Waals surface area contributed by atoms with Crippen LogP contribution in [-0.2, 0) is 46.5 Å². The van der Waals surface area contributed by atoms with Gasteiger partial charge in [-0.1, -0.05) is 44.5 Å². The van der Waals surface area contributed by atoms with Crippen LogP contribution in [-0.4, -0.2) is 65.3 Å². The van der Waals surface area contributed by atoms with Crippen LogP contribution in [0.1, 0.15) is 90.7 Å². The van der Waals surface area contributed by atoms with Crippen LogP contribution < -0.4 is 16.4 Å². The number of carbonyl (C=O) groups is 7. The molecule has 0 aromatic heterocycles. The first-order chi connectivity index (χ1) is 22.1. The first-order valence-electron chi connectivity index (χ1n) is 16.2. The minimum atomic E-state index is -0.841. The van der Waals surface area contributed by atoms with Crippen molar-refractivity contribution in [3.05, 3.63) is 47.5 Å². The fourth-order valence-electron chi connectivity index (χ4n) is 4.95. The Morgan fingerprint density at radius 2 is 1.51 bits per heavy atom. The summed E-state index contributed by atoms with van der Waals surface area (Å²) in [5.41, 5.74) is 6.04. The lowest BCUT2D eigenvalue weighted by Gasteiger charge is -2.24. The molecule has 12 nitrogen and oxygen atoms in total. The number of primary amides is 1. The molecule has 2 atom stereocenters. The van der Waals surface area contributed by atoms with Crippen LogP contribution in [0.2, 0.25) is 0 Å². The molecule has 4 N–H and O–H groups in total. The maximum atomic E-state index is 13.4. The summed E-state index contributed by atoms with van der Waals surface area (Å²) in [4.78, 5) is 87.4. The lowest BCUT2D eigenvalue weighted by molar-refractivity contribution is -0.154. The quantitative estimate of drug-likeness (QED) is 0.108. The van der Waals surface area contributed by atoms with Gasteiger partial charge in [0.15, 0.2) is 5.78 Å². The zero-order valence-corrected chi connectivity index (χ0v) is 28.3. The first-order valence-corrected chi connectivity index (χ1v) is 16.2. The monoisotopic (exact) mass is 654 g/mol. The maximum Gasteiger partial charge on any atom is 0.312 e. The second-order valence-electron chi connectivity index (χ2n) is 13.3. The smallest absolute Gasteiger partial charge is 0.312 e. The Kier molecular flexibility index (Phi) is 15.5. The third-order valence-electron chi connectivity index (χ3n) is 7.88. The van der Waals surface area contributed by atoms with E-state index in [-0.39, 0.29) is 80.0 Å². The van der Waals surface area contributed by atoms with Gasteiger partial charge in [0.25, 0.3) is 11.8 Å². The summed E-state index contributed by atoms with van der Waals surface area (Å²) < 4.78 is 5.35. The van der Waals surface area contributed by atoms with E-state index in [9.17, 15) is 33.6 Å². The summed E-state index contributed by atoms with van der Waals surface area (Å²) in [5, 5.41) is 5.36. The van der Waals surface area contributed by atoms with Gasteiger partial charge in [0.1, 0.15) is 12.4 Å². The van der Waals surface area contributed by atoms with Crippen molar-refractivity contribution in [3.63, 3.8) is 0 Å². The van der Waals surface area contributed by atoms with E-state index < -0.39 is 23.4 Å². The topological polar surface area (TPSA) is 182 Å². The number of unbranched alkanes of at least 4 members (excludes halogenated alkanes) is 2. The average Bonchev–Trinajstić information content (AvgIpc) is 3.32. The van der Waals surface area contributed by atoms with Gasteiger partial charge >= 0.3 is 12.0 Å². The SMILES string of the molecule is CC(C)[C@H](CC(=O)CCCCCN1C(=O)C=CC1=O)C(=O)N[C@@H](CCCNC(N)=O)C(=O)Cc1ccc(COC(=O)C(C)(C)C)cc1. The van der Waals surface area contributed by atoms with Crippen molar-refractivity contribution < 1.29 is 38.3 Å². The zero-order valence-electron chi connectivity index (χ0n) is 28.3. The number of Topliss-reactive ketones (excluding diaryl/α,β-unsaturated/α-hetero) is 2. The highest BCUT2D eigenvalue weighted by Gasteiger charge is 2.29. The standard InChI is InChI=1S/C35H50N4O8/c1-23(2)27(21-26(40)10-7-6-8-19-39-30(42)16-17-31(39)43)32(44)38-28(11-9-18-37-34(36)46)29(41)20-24-12-14-25(15-13-24)22-47-33(45)35(3,4)5/h12-17,23,27-28H,6-11,18-22H2,1-5H3,(H,38,44)(H3,36,37,46)/t27-,28-/m0/s1. The number of esters is 1. The van der Waals surface area contributed by atoms with E-state index in [2.05, 4.69) is 10.6 Å². The Hall–Kier alpha value is -4.35. The molecule has 0 unspecified atom stereocenters. The van der Waals surface area contributed by atoms with Crippen molar-refractivity contribution in [2.45, 2.75) is 98.6 Å². The molecule has 1 aliphatic heterocycles. The first kappa shape index (κ1) is 38.8. The Morgan fingerprint density at radius 3 is 2.09 bits per heavy atom. The third-order valence-corrected chi connectivity index (χ3v) is 7.88. The Balaban J connectivity index is 1.95. The molecule has 1 aliphatic rings. The Bertz CT molecular complexity index is 1300. The molecular weight excluding hydrogens is 604 g/mol. The van der Waals surface area contributed by atoms with Gasteiger partial charge in [0.2, 0.25) is 5.91 Å². The van der Waals surface area contributed by atoms with Gasteiger partial charge in [-0.3, -0.25) is 33.7 Å². The van der Waals surface area contributed by atoms with E-state index in [1.807, 2.05) is 13.8 Å². The molecule has 47 heavy (non-hydrogen) atoms. The number of nitrogens with one attached hydrogen (secondary N) is 2. The van der Waals surface area contributed by atoms with Gasteiger partial charge in [0, 0.05) is 50.4 Å². The number of nitrogens with zero attached hydrogens (tertiary/aromatic N) is 1. The Morgan fingerprint density at radius 1 is 0.894 bits per heavy atom.